The number of hydrogen-bond donors (Lipinski definition) is 1. The van der Waals surface area contributed by atoms with E-state index < -0.39 is 4.92 Å². The fourth-order valence-electron chi connectivity index (χ4n) is 2.27. The van der Waals surface area contributed by atoms with Gasteiger partial charge < -0.3 is 10.5 Å². The van der Waals surface area contributed by atoms with Crippen LogP contribution in [0.5, 0.6) is 0 Å². The van der Waals surface area contributed by atoms with Crippen LogP contribution in [0.2, 0.25) is 5.02 Å². The Kier molecular flexibility index (Phi) is 4.93. The van der Waals surface area contributed by atoms with Crippen LogP contribution in [0.3, 0.4) is 0 Å². The average molecular weight is 300 g/mol. The van der Waals surface area contributed by atoms with E-state index in [-0.39, 0.29) is 17.8 Å². The molecule has 1 aliphatic rings. The number of morpholine rings is 1. The molecule has 7 heteroatoms. The standard InChI is InChI=1S/C13H18ClN3O3/c1-9(15)13-8-16(4-5-20-13)7-10-2-3-11(14)6-12(10)17(18)19/h2-3,6,9,13H,4-5,7-8,15H2,1H3. The Morgan fingerprint density at radius 2 is 2.40 bits per heavy atom. The van der Waals surface area contributed by atoms with Gasteiger partial charge in [0.1, 0.15) is 0 Å². The lowest BCUT2D eigenvalue weighted by Crippen LogP contribution is -2.49. The third kappa shape index (κ3) is 3.67. The largest absolute Gasteiger partial charge is 0.374 e. The molecule has 1 saturated heterocycles. The molecule has 0 saturated carbocycles. The Balaban J connectivity index is 2.11. The number of benzene rings is 1. The van der Waals surface area contributed by atoms with Gasteiger partial charge in [0, 0.05) is 42.3 Å². The number of nitrogens with two attached hydrogens (primary N) is 1. The summed E-state index contributed by atoms with van der Waals surface area (Å²) in [5.74, 6) is 0. The van der Waals surface area contributed by atoms with Gasteiger partial charge in [0.2, 0.25) is 0 Å². The van der Waals surface area contributed by atoms with Crippen LogP contribution in [0, 0.1) is 10.1 Å². The summed E-state index contributed by atoms with van der Waals surface area (Å²) in [6, 6.07) is 4.71. The predicted octanol–water partition coefficient (Wildman–Crippen LogP) is 1.80. The molecule has 0 aliphatic carbocycles. The number of nitro groups is 1. The van der Waals surface area contributed by atoms with Crippen molar-refractivity contribution in [1.29, 1.82) is 0 Å². The third-order valence-corrected chi connectivity index (χ3v) is 3.64. The van der Waals surface area contributed by atoms with E-state index in [2.05, 4.69) is 4.90 Å². The Labute approximate surface area is 122 Å². The maximum Gasteiger partial charge on any atom is 0.275 e. The van der Waals surface area contributed by atoms with Crippen molar-refractivity contribution >= 4 is 17.3 Å². The SMILES string of the molecule is CC(N)C1CN(Cc2ccc(Cl)cc2[N+](=O)[O-])CCO1. The molecule has 2 rings (SSSR count). The topological polar surface area (TPSA) is 81.6 Å². The maximum absolute atomic E-state index is 11.1. The van der Waals surface area contributed by atoms with E-state index in [0.717, 1.165) is 6.54 Å². The number of nitro benzene ring substituents is 1. The molecule has 1 aromatic carbocycles. The highest BCUT2D eigenvalue weighted by Crippen LogP contribution is 2.25. The van der Waals surface area contributed by atoms with Crippen molar-refractivity contribution in [3.8, 4) is 0 Å². The molecule has 1 aromatic rings. The van der Waals surface area contributed by atoms with Gasteiger partial charge in [-0.3, -0.25) is 15.0 Å². The number of rotatable bonds is 4. The zero-order valence-electron chi connectivity index (χ0n) is 11.3. The molecule has 0 bridgehead atoms. The monoisotopic (exact) mass is 299 g/mol. The van der Waals surface area contributed by atoms with Crippen molar-refractivity contribution in [3.63, 3.8) is 0 Å². The molecule has 0 amide bonds. The molecule has 20 heavy (non-hydrogen) atoms. The Hall–Kier alpha value is -1.21. The summed E-state index contributed by atoms with van der Waals surface area (Å²) in [5.41, 5.74) is 6.56. The summed E-state index contributed by atoms with van der Waals surface area (Å²) in [7, 11) is 0. The zero-order chi connectivity index (χ0) is 14.7. The summed E-state index contributed by atoms with van der Waals surface area (Å²) < 4.78 is 5.58. The van der Waals surface area contributed by atoms with Crippen molar-refractivity contribution in [3.05, 3.63) is 38.9 Å². The van der Waals surface area contributed by atoms with Gasteiger partial charge >= 0.3 is 0 Å². The molecule has 6 nitrogen and oxygen atoms in total. The highest BCUT2D eigenvalue weighted by molar-refractivity contribution is 6.30. The second-order valence-corrected chi connectivity index (χ2v) is 5.47. The van der Waals surface area contributed by atoms with Crippen LogP contribution in [-0.2, 0) is 11.3 Å². The highest BCUT2D eigenvalue weighted by atomic mass is 35.5. The smallest absolute Gasteiger partial charge is 0.275 e. The molecule has 0 radical (unpaired) electrons. The lowest BCUT2D eigenvalue weighted by atomic mass is 10.1. The molecule has 0 aromatic heterocycles. The van der Waals surface area contributed by atoms with Crippen LogP contribution >= 0.6 is 11.6 Å². The van der Waals surface area contributed by atoms with E-state index in [1.54, 1.807) is 12.1 Å². The minimum absolute atomic E-state index is 0.0323. The zero-order valence-corrected chi connectivity index (χ0v) is 12.0. The number of ether oxygens (including phenoxy) is 1. The van der Waals surface area contributed by atoms with Gasteiger partial charge in [0.05, 0.1) is 17.6 Å². The molecule has 2 unspecified atom stereocenters. The van der Waals surface area contributed by atoms with Gasteiger partial charge in [-0.15, -0.1) is 0 Å². The van der Waals surface area contributed by atoms with E-state index in [1.807, 2.05) is 6.92 Å². The molecular weight excluding hydrogens is 282 g/mol. The van der Waals surface area contributed by atoms with Gasteiger partial charge in [0.15, 0.2) is 0 Å². The second-order valence-electron chi connectivity index (χ2n) is 5.03. The fourth-order valence-corrected chi connectivity index (χ4v) is 2.44. The second kappa shape index (κ2) is 6.49. The molecular formula is C13H18ClN3O3. The number of halogens is 1. The fraction of sp³-hybridized carbons (Fsp3) is 0.538. The van der Waals surface area contributed by atoms with E-state index in [0.29, 0.717) is 30.3 Å². The summed E-state index contributed by atoms with van der Waals surface area (Å²) in [4.78, 5) is 12.8. The van der Waals surface area contributed by atoms with Gasteiger partial charge in [-0.05, 0) is 19.1 Å². The van der Waals surface area contributed by atoms with Gasteiger partial charge in [-0.1, -0.05) is 11.6 Å². The Morgan fingerprint density at radius 3 is 3.05 bits per heavy atom. The van der Waals surface area contributed by atoms with Crippen LogP contribution in [0.25, 0.3) is 0 Å². The van der Waals surface area contributed by atoms with E-state index >= 15 is 0 Å². The first-order chi connectivity index (χ1) is 9.47. The van der Waals surface area contributed by atoms with Gasteiger partial charge in [-0.2, -0.15) is 0 Å². The van der Waals surface area contributed by atoms with Gasteiger partial charge in [-0.25, -0.2) is 0 Å². The van der Waals surface area contributed by atoms with Crippen molar-refractivity contribution in [2.75, 3.05) is 19.7 Å². The quantitative estimate of drug-likeness (QED) is 0.677. The molecule has 2 N–H and O–H groups in total. The van der Waals surface area contributed by atoms with Crippen molar-refractivity contribution < 1.29 is 9.66 Å². The molecule has 2 atom stereocenters. The molecule has 110 valence electrons. The first-order valence-electron chi connectivity index (χ1n) is 6.49. The highest BCUT2D eigenvalue weighted by Gasteiger charge is 2.25. The van der Waals surface area contributed by atoms with Crippen LogP contribution in [0.15, 0.2) is 18.2 Å². The van der Waals surface area contributed by atoms with Crippen LogP contribution in [0.1, 0.15) is 12.5 Å². The first kappa shape index (κ1) is 15.2. The number of hydrogen-bond acceptors (Lipinski definition) is 5. The van der Waals surface area contributed by atoms with E-state index in [1.165, 1.54) is 6.07 Å². The Bertz CT molecular complexity index is 496. The average Bonchev–Trinajstić information content (AvgIpc) is 2.41. The Morgan fingerprint density at radius 1 is 1.65 bits per heavy atom. The molecule has 1 aliphatic heterocycles. The molecule has 1 heterocycles. The summed E-state index contributed by atoms with van der Waals surface area (Å²) in [6.07, 6.45) is -0.0323. The van der Waals surface area contributed by atoms with Crippen LogP contribution < -0.4 is 5.73 Å². The van der Waals surface area contributed by atoms with Crippen molar-refractivity contribution in [1.82, 2.24) is 4.90 Å². The normalized spacial score (nSPS) is 21.6. The summed E-state index contributed by atoms with van der Waals surface area (Å²) in [5, 5.41) is 11.4. The molecule has 0 spiro atoms. The molecule has 1 fully saturated rings. The minimum atomic E-state index is -0.398. The van der Waals surface area contributed by atoms with Crippen molar-refractivity contribution in [2.45, 2.75) is 25.6 Å². The van der Waals surface area contributed by atoms with Crippen LogP contribution in [-0.4, -0.2) is 41.7 Å². The third-order valence-electron chi connectivity index (χ3n) is 3.40. The van der Waals surface area contributed by atoms with Crippen molar-refractivity contribution in [2.24, 2.45) is 5.73 Å². The predicted molar refractivity (Wildman–Crippen MR) is 76.8 cm³/mol. The number of nitrogens with zero attached hydrogens (tertiary/aromatic N) is 2. The van der Waals surface area contributed by atoms with Gasteiger partial charge in [0.25, 0.3) is 5.69 Å². The van der Waals surface area contributed by atoms with E-state index in [4.69, 9.17) is 22.1 Å². The van der Waals surface area contributed by atoms with E-state index in [9.17, 15) is 10.1 Å². The van der Waals surface area contributed by atoms with Crippen LogP contribution in [0.4, 0.5) is 5.69 Å². The minimum Gasteiger partial charge on any atom is -0.374 e. The first-order valence-corrected chi connectivity index (χ1v) is 6.87. The lowest BCUT2D eigenvalue weighted by Gasteiger charge is -2.34. The maximum atomic E-state index is 11.1. The lowest BCUT2D eigenvalue weighted by molar-refractivity contribution is -0.385. The summed E-state index contributed by atoms with van der Waals surface area (Å²) >= 11 is 5.81. The summed E-state index contributed by atoms with van der Waals surface area (Å²) in [6.45, 7) is 4.41.